The summed E-state index contributed by atoms with van der Waals surface area (Å²) in [6, 6.07) is 6.92. The average molecular weight is 373 g/mol. The lowest BCUT2D eigenvalue weighted by molar-refractivity contribution is 0.607. The van der Waals surface area contributed by atoms with Crippen LogP contribution in [0.3, 0.4) is 0 Å². The van der Waals surface area contributed by atoms with Crippen LogP contribution in [-0.2, 0) is 15.5 Å². The number of benzene rings is 1. The predicted octanol–water partition coefficient (Wildman–Crippen LogP) is 3.76. The topological polar surface area (TPSA) is 34.1 Å². The Kier molecular flexibility index (Phi) is 5.53. The Balaban J connectivity index is 2.80. The summed E-state index contributed by atoms with van der Waals surface area (Å²) in [5.41, 5.74) is 0.814. The van der Waals surface area contributed by atoms with Gasteiger partial charge < -0.3 is 0 Å². The molecule has 0 heterocycles. The van der Waals surface area contributed by atoms with Crippen LogP contribution in [0.1, 0.15) is 25.3 Å². The van der Waals surface area contributed by atoms with Gasteiger partial charge in [0.05, 0.1) is 4.90 Å². The summed E-state index contributed by atoms with van der Waals surface area (Å²) in [6.45, 7) is 2.14. The zero-order valence-corrected chi connectivity index (χ0v) is 12.7. The molecule has 0 N–H and O–H groups in total. The van der Waals surface area contributed by atoms with Crippen molar-refractivity contribution in [3.63, 3.8) is 0 Å². The fraction of sp³-hybridized carbons (Fsp3) is 0.455. The van der Waals surface area contributed by atoms with Crippen LogP contribution < -0.4 is 0 Å². The maximum atomic E-state index is 11.3. The van der Waals surface area contributed by atoms with Crippen LogP contribution in [0.15, 0.2) is 29.2 Å². The highest BCUT2D eigenvalue weighted by Crippen LogP contribution is 2.22. The highest BCUT2D eigenvalue weighted by Gasteiger charge is 2.14. The van der Waals surface area contributed by atoms with Gasteiger partial charge in [0.15, 0.2) is 0 Å². The zero-order chi connectivity index (χ0) is 12.2. The van der Waals surface area contributed by atoms with Crippen LogP contribution in [0.4, 0.5) is 0 Å². The summed E-state index contributed by atoms with van der Waals surface area (Å²) < 4.78 is 23.2. The zero-order valence-electron chi connectivity index (χ0n) is 8.99. The highest BCUT2D eigenvalue weighted by molar-refractivity contribution is 14.1. The van der Waals surface area contributed by atoms with Crippen molar-refractivity contribution in [3.8, 4) is 0 Å². The minimum atomic E-state index is -3.61. The normalized spacial score (nSPS) is 13.7. The predicted molar refractivity (Wildman–Crippen MR) is 75.9 cm³/mol. The molecule has 16 heavy (non-hydrogen) atoms. The lowest BCUT2D eigenvalue weighted by Crippen LogP contribution is -1.99. The Morgan fingerprint density at radius 1 is 1.38 bits per heavy atom. The van der Waals surface area contributed by atoms with Crippen LogP contribution in [0, 0.1) is 0 Å². The molecule has 0 aliphatic heterocycles. The average Bonchev–Trinajstić information content (AvgIpc) is 2.16. The van der Waals surface area contributed by atoms with Gasteiger partial charge in [-0.05, 0) is 30.9 Å². The van der Waals surface area contributed by atoms with E-state index in [4.69, 9.17) is 10.7 Å². The second-order valence-corrected chi connectivity index (χ2v) is 8.38. The fourth-order valence-corrected chi connectivity index (χ4v) is 3.14. The molecule has 0 saturated carbocycles. The van der Waals surface area contributed by atoms with E-state index in [1.165, 1.54) is 0 Å². The Hall–Kier alpha value is 0.190. The lowest BCUT2D eigenvalue weighted by atomic mass is 10.1. The Bertz CT molecular complexity index is 443. The van der Waals surface area contributed by atoms with E-state index >= 15 is 0 Å². The molecule has 0 spiro atoms. The van der Waals surface area contributed by atoms with Crippen molar-refractivity contribution in [2.75, 3.05) is 0 Å². The monoisotopic (exact) mass is 372 g/mol. The lowest BCUT2D eigenvalue weighted by Gasteiger charge is -2.07. The maximum Gasteiger partial charge on any atom is 0.261 e. The van der Waals surface area contributed by atoms with E-state index in [-0.39, 0.29) is 4.90 Å². The van der Waals surface area contributed by atoms with Gasteiger partial charge in [0, 0.05) is 14.6 Å². The van der Waals surface area contributed by atoms with E-state index in [1.54, 1.807) is 12.1 Å². The molecule has 0 aliphatic rings. The molecule has 0 bridgehead atoms. The Labute approximate surface area is 115 Å². The number of hydrogen-bond donors (Lipinski definition) is 0. The first-order chi connectivity index (χ1) is 7.41. The van der Waals surface area contributed by atoms with Gasteiger partial charge in [-0.2, -0.15) is 0 Å². The number of alkyl halides is 1. The summed E-state index contributed by atoms with van der Waals surface area (Å²) in [6.07, 6.45) is 2.82. The molecule has 0 fully saturated rings. The molecule has 1 aromatic rings. The third-order valence-corrected chi connectivity index (χ3v) is 4.33. The van der Waals surface area contributed by atoms with E-state index < -0.39 is 9.05 Å². The first-order valence-corrected chi connectivity index (χ1v) is 8.63. The number of rotatable bonds is 5. The SMILES string of the molecule is CC(I)CCCc1ccccc1S(=O)(=O)Cl. The minimum absolute atomic E-state index is 0.248. The molecule has 5 heteroatoms. The third kappa shape index (κ3) is 4.59. The van der Waals surface area contributed by atoms with E-state index in [1.807, 2.05) is 12.1 Å². The molecule has 1 atom stereocenters. The van der Waals surface area contributed by atoms with Crippen LogP contribution in [0.2, 0.25) is 0 Å². The smallest absolute Gasteiger partial charge is 0.207 e. The van der Waals surface area contributed by atoms with Gasteiger partial charge in [-0.1, -0.05) is 47.7 Å². The van der Waals surface area contributed by atoms with Crippen molar-refractivity contribution in [1.82, 2.24) is 0 Å². The van der Waals surface area contributed by atoms with Crippen molar-refractivity contribution in [1.29, 1.82) is 0 Å². The van der Waals surface area contributed by atoms with Crippen molar-refractivity contribution < 1.29 is 8.42 Å². The Morgan fingerprint density at radius 2 is 2.00 bits per heavy atom. The van der Waals surface area contributed by atoms with E-state index in [2.05, 4.69) is 29.5 Å². The number of aryl methyl sites for hydroxylation is 1. The van der Waals surface area contributed by atoms with Crippen LogP contribution in [-0.4, -0.2) is 12.3 Å². The van der Waals surface area contributed by atoms with Crippen molar-refractivity contribution in [3.05, 3.63) is 29.8 Å². The second kappa shape index (κ2) is 6.21. The molecule has 1 rings (SSSR count). The fourth-order valence-electron chi connectivity index (χ4n) is 1.52. The number of halogens is 2. The molecule has 0 aromatic heterocycles. The van der Waals surface area contributed by atoms with Crippen LogP contribution >= 0.6 is 33.3 Å². The van der Waals surface area contributed by atoms with Gasteiger partial charge >= 0.3 is 0 Å². The minimum Gasteiger partial charge on any atom is -0.207 e. The number of hydrogen-bond acceptors (Lipinski definition) is 2. The molecule has 1 aromatic carbocycles. The molecular weight excluding hydrogens is 359 g/mol. The molecule has 0 radical (unpaired) electrons. The summed E-state index contributed by atoms with van der Waals surface area (Å²) in [5.74, 6) is 0. The summed E-state index contributed by atoms with van der Waals surface area (Å²) in [4.78, 5) is 0.248. The van der Waals surface area contributed by atoms with Gasteiger partial charge in [0.1, 0.15) is 0 Å². The van der Waals surface area contributed by atoms with Crippen molar-refractivity contribution in [2.45, 2.75) is 35.0 Å². The third-order valence-electron chi connectivity index (χ3n) is 2.28. The van der Waals surface area contributed by atoms with Gasteiger partial charge in [0.25, 0.3) is 9.05 Å². The molecule has 90 valence electrons. The summed E-state index contributed by atoms with van der Waals surface area (Å²) in [7, 11) is 1.76. The molecule has 2 nitrogen and oxygen atoms in total. The molecular formula is C11H14ClIO2S. The van der Waals surface area contributed by atoms with E-state index in [0.717, 1.165) is 24.8 Å². The van der Waals surface area contributed by atoms with Gasteiger partial charge in [-0.3, -0.25) is 0 Å². The largest absolute Gasteiger partial charge is 0.261 e. The van der Waals surface area contributed by atoms with Gasteiger partial charge in [-0.25, -0.2) is 8.42 Å². The van der Waals surface area contributed by atoms with Crippen molar-refractivity contribution in [2.24, 2.45) is 0 Å². The summed E-state index contributed by atoms with van der Waals surface area (Å²) >= 11 is 2.37. The molecule has 0 saturated heterocycles. The highest BCUT2D eigenvalue weighted by atomic mass is 127. The first kappa shape index (κ1) is 14.3. The maximum absolute atomic E-state index is 11.3. The van der Waals surface area contributed by atoms with E-state index in [0.29, 0.717) is 3.92 Å². The van der Waals surface area contributed by atoms with E-state index in [9.17, 15) is 8.42 Å². The van der Waals surface area contributed by atoms with Gasteiger partial charge in [-0.15, -0.1) is 0 Å². The van der Waals surface area contributed by atoms with Crippen LogP contribution in [0.25, 0.3) is 0 Å². The quantitative estimate of drug-likeness (QED) is 0.448. The molecule has 0 aliphatic carbocycles. The second-order valence-electron chi connectivity index (χ2n) is 3.72. The first-order valence-electron chi connectivity index (χ1n) is 5.08. The summed E-state index contributed by atoms with van der Waals surface area (Å²) in [5, 5.41) is 0. The Morgan fingerprint density at radius 3 is 2.56 bits per heavy atom. The molecule has 1 unspecified atom stereocenters. The molecule has 0 amide bonds. The van der Waals surface area contributed by atoms with Crippen LogP contribution in [0.5, 0.6) is 0 Å². The van der Waals surface area contributed by atoms with Gasteiger partial charge in [0.2, 0.25) is 0 Å². The standard InChI is InChI=1S/C11H14ClIO2S/c1-9(13)5-4-7-10-6-2-3-8-11(10)16(12,14)15/h2-3,6,8-9H,4-5,7H2,1H3. The van der Waals surface area contributed by atoms with Crippen molar-refractivity contribution >= 4 is 42.3 Å².